The average molecular weight is 225 g/mol. The summed E-state index contributed by atoms with van der Waals surface area (Å²) in [6.07, 6.45) is 6.84. The maximum atomic E-state index is 5.94. The zero-order valence-electron chi connectivity index (χ0n) is 10.0. The Bertz CT molecular complexity index is 228. The van der Waals surface area contributed by atoms with Gasteiger partial charge in [0.2, 0.25) is 0 Å². The van der Waals surface area contributed by atoms with E-state index < -0.39 is 0 Å². The smallest absolute Gasteiger partial charge is 0.0677 e. The standard InChI is InChI=1S/C13H23NO2/c1-5-13(10-15-8-11-2-3-11)9-14-6-4-12(13)16-7-1/h11-12,14H,1-10H2/t12-,13-/m0/s1. The first-order chi connectivity index (χ1) is 7.89. The Morgan fingerprint density at radius 1 is 1.31 bits per heavy atom. The zero-order valence-corrected chi connectivity index (χ0v) is 10.0. The highest BCUT2D eigenvalue weighted by Crippen LogP contribution is 2.38. The molecule has 1 saturated carbocycles. The molecule has 2 atom stereocenters. The molecule has 0 unspecified atom stereocenters. The maximum Gasteiger partial charge on any atom is 0.0677 e. The van der Waals surface area contributed by atoms with Crippen molar-refractivity contribution in [3.05, 3.63) is 0 Å². The first-order valence-corrected chi connectivity index (χ1v) is 6.79. The quantitative estimate of drug-likeness (QED) is 0.788. The topological polar surface area (TPSA) is 30.5 Å². The molecule has 3 nitrogen and oxygen atoms in total. The highest BCUT2D eigenvalue weighted by Gasteiger charge is 2.43. The third-order valence-electron chi connectivity index (χ3n) is 4.32. The van der Waals surface area contributed by atoms with Crippen molar-refractivity contribution in [1.29, 1.82) is 0 Å². The minimum atomic E-state index is 0.283. The summed E-state index contributed by atoms with van der Waals surface area (Å²) in [7, 11) is 0. The minimum absolute atomic E-state index is 0.283. The van der Waals surface area contributed by atoms with Crippen molar-refractivity contribution in [2.45, 2.75) is 38.2 Å². The molecule has 0 aromatic heterocycles. The molecule has 0 aromatic carbocycles. The van der Waals surface area contributed by atoms with Gasteiger partial charge in [0.1, 0.15) is 0 Å². The van der Waals surface area contributed by atoms with E-state index in [4.69, 9.17) is 9.47 Å². The molecule has 2 saturated heterocycles. The van der Waals surface area contributed by atoms with Gasteiger partial charge in [-0.25, -0.2) is 0 Å². The van der Waals surface area contributed by atoms with Crippen LogP contribution in [0.15, 0.2) is 0 Å². The maximum absolute atomic E-state index is 5.94. The van der Waals surface area contributed by atoms with Crippen LogP contribution in [0.2, 0.25) is 0 Å². The third kappa shape index (κ3) is 2.27. The summed E-state index contributed by atoms with van der Waals surface area (Å²) < 4.78 is 11.9. The SMILES string of the molecule is C1CO[C@H]2CCNC[C@]2(COCC2CC2)C1. The molecule has 3 rings (SSSR count). The molecule has 0 amide bonds. The van der Waals surface area contributed by atoms with Crippen LogP contribution in [-0.4, -0.2) is 39.0 Å². The highest BCUT2D eigenvalue weighted by atomic mass is 16.5. The largest absolute Gasteiger partial charge is 0.380 e. The van der Waals surface area contributed by atoms with Gasteiger partial charge >= 0.3 is 0 Å². The lowest BCUT2D eigenvalue weighted by atomic mass is 9.73. The van der Waals surface area contributed by atoms with Crippen LogP contribution in [0.4, 0.5) is 0 Å². The van der Waals surface area contributed by atoms with Gasteiger partial charge in [-0.3, -0.25) is 0 Å². The lowest BCUT2D eigenvalue weighted by Gasteiger charge is -2.47. The van der Waals surface area contributed by atoms with Crippen LogP contribution in [0.25, 0.3) is 0 Å². The fourth-order valence-corrected chi connectivity index (χ4v) is 3.08. The molecule has 2 heterocycles. The summed E-state index contributed by atoms with van der Waals surface area (Å²) in [4.78, 5) is 0. The van der Waals surface area contributed by atoms with Crippen LogP contribution in [-0.2, 0) is 9.47 Å². The Labute approximate surface area is 97.9 Å². The van der Waals surface area contributed by atoms with E-state index in [9.17, 15) is 0 Å². The molecule has 3 fully saturated rings. The molecule has 1 N–H and O–H groups in total. The monoisotopic (exact) mass is 225 g/mol. The van der Waals surface area contributed by atoms with Crippen LogP contribution in [0.3, 0.4) is 0 Å². The van der Waals surface area contributed by atoms with Gasteiger partial charge in [0.15, 0.2) is 0 Å². The number of piperidine rings is 1. The number of fused-ring (bicyclic) bond motifs is 1. The van der Waals surface area contributed by atoms with Crippen LogP contribution >= 0.6 is 0 Å². The number of nitrogens with one attached hydrogen (secondary N) is 1. The van der Waals surface area contributed by atoms with Crippen molar-refractivity contribution in [2.24, 2.45) is 11.3 Å². The van der Waals surface area contributed by atoms with Crippen molar-refractivity contribution < 1.29 is 9.47 Å². The normalized spacial score (nSPS) is 39.4. The molecule has 3 heteroatoms. The third-order valence-corrected chi connectivity index (χ3v) is 4.32. The molecular weight excluding hydrogens is 202 g/mol. The van der Waals surface area contributed by atoms with E-state index in [0.29, 0.717) is 6.10 Å². The molecular formula is C13H23NO2. The molecule has 0 spiro atoms. The van der Waals surface area contributed by atoms with E-state index in [0.717, 1.165) is 45.2 Å². The first kappa shape index (κ1) is 11.0. The van der Waals surface area contributed by atoms with Gasteiger partial charge in [0.05, 0.1) is 12.7 Å². The Morgan fingerprint density at radius 3 is 3.12 bits per heavy atom. The number of hydrogen-bond donors (Lipinski definition) is 1. The molecule has 0 aromatic rings. The summed E-state index contributed by atoms with van der Waals surface area (Å²) in [5.41, 5.74) is 0.283. The second-order valence-corrected chi connectivity index (χ2v) is 5.75. The predicted octanol–water partition coefficient (Wildman–Crippen LogP) is 1.57. The first-order valence-electron chi connectivity index (χ1n) is 6.79. The van der Waals surface area contributed by atoms with E-state index in [-0.39, 0.29) is 5.41 Å². The van der Waals surface area contributed by atoms with Gasteiger partial charge in [0.25, 0.3) is 0 Å². The summed E-state index contributed by atoms with van der Waals surface area (Å²) in [5, 5.41) is 3.52. The number of ether oxygens (including phenoxy) is 2. The van der Waals surface area contributed by atoms with Gasteiger partial charge in [-0.2, -0.15) is 0 Å². The molecule has 16 heavy (non-hydrogen) atoms. The van der Waals surface area contributed by atoms with Crippen molar-refractivity contribution in [1.82, 2.24) is 5.32 Å². The average Bonchev–Trinajstić information content (AvgIpc) is 3.13. The summed E-state index contributed by atoms with van der Waals surface area (Å²) >= 11 is 0. The molecule has 2 aliphatic heterocycles. The zero-order chi connectivity index (χ0) is 10.8. The van der Waals surface area contributed by atoms with Gasteiger partial charge in [-0.15, -0.1) is 0 Å². The molecule has 1 aliphatic carbocycles. The Balaban J connectivity index is 1.56. The van der Waals surface area contributed by atoms with E-state index in [2.05, 4.69) is 5.32 Å². The highest BCUT2D eigenvalue weighted by molar-refractivity contribution is 4.95. The molecule has 92 valence electrons. The number of hydrogen-bond acceptors (Lipinski definition) is 3. The minimum Gasteiger partial charge on any atom is -0.380 e. The number of rotatable bonds is 4. The van der Waals surface area contributed by atoms with Crippen molar-refractivity contribution in [2.75, 3.05) is 32.9 Å². The van der Waals surface area contributed by atoms with E-state index in [1.165, 1.54) is 25.7 Å². The van der Waals surface area contributed by atoms with E-state index in [1.54, 1.807) is 0 Å². The van der Waals surface area contributed by atoms with Gasteiger partial charge in [-0.05, 0) is 44.6 Å². The van der Waals surface area contributed by atoms with Crippen LogP contribution in [0, 0.1) is 11.3 Å². The van der Waals surface area contributed by atoms with Gasteiger partial charge in [-0.1, -0.05) is 0 Å². The Hall–Kier alpha value is -0.120. The summed E-state index contributed by atoms with van der Waals surface area (Å²) in [6.45, 7) is 5.03. The summed E-state index contributed by atoms with van der Waals surface area (Å²) in [6, 6.07) is 0. The van der Waals surface area contributed by atoms with Crippen LogP contribution in [0.5, 0.6) is 0 Å². The summed E-state index contributed by atoms with van der Waals surface area (Å²) in [5.74, 6) is 0.871. The van der Waals surface area contributed by atoms with Gasteiger partial charge < -0.3 is 14.8 Å². The second kappa shape index (κ2) is 4.63. The van der Waals surface area contributed by atoms with Crippen molar-refractivity contribution >= 4 is 0 Å². The molecule has 0 bridgehead atoms. The van der Waals surface area contributed by atoms with E-state index >= 15 is 0 Å². The van der Waals surface area contributed by atoms with Crippen molar-refractivity contribution in [3.63, 3.8) is 0 Å². The lowest BCUT2D eigenvalue weighted by molar-refractivity contribution is -0.131. The Kier molecular flexibility index (Phi) is 3.18. The molecule has 0 radical (unpaired) electrons. The van der Waals surface area contributed by atoms with Crippen LogP contribution in [0.1, 0.15) is 32.1 Å². The van der Waals surface area contributed by atoms with Crippen LogP contribution < -0.4 is 5.32 Å². The van der Waals surface area contributed by atoms with Crippen molar-refractivity contribution in [3.8, 4) is 0 Å². The second-order valence-electron chi connectivity index (χ2n) is 5.75. The van der Waals surface area contributed by atoms with E-state index in [1.807, 2.05) is 0 Å². The fraction of sp³-hybridized carbons (Fsp3) is 1.00. The fourth-order valence-electron chi connectivity index (χ4n) is 3.08. The predicted molar refractivity (Wildman–Crippen MR) is 62.4 cm³/mol. The lowest BCUT2D eigenvalue weighted by Crippen LogP contribution is -2.55. The molecule has 3 aliphatic rings. The Morgan fingerprint density at radius 2 is 2.25 bits per heavy atom. The van der Waals surface area contributed by atoms with Gasteiger partial charge in [0, 0.05) is 25.2 Å².